The van der Waals surface area contributed by atoms with Crippen LogP contribution in [-0.2, 0) is 20.9 Å². The average Bonchev–Trinajstić information content (AvgIpc) is 3.01. The smallest absolute Gasteiger partial charge is 0.326 e. The molecule has 31 heavy (non-hydrogen) atoms. The number of hydrogen-bond acceptors (Lipinski definition) is 8. The highest BCUT2D eigenvalue weighted by molar-refractivity contribution is 8.18. The van der Waals surface area contributed by atoms with E-state index in [1.807, 2.05) is 0 Å². The largest absolute Gasteiger partial charge is 0.545 e. The minimum Gasteiger partial charge on any atom is -0.545 e. The number of esters is 1. The Balaban J connectivity index is 1.73. The molecule has 0 saturated carbocycles. The molecule has 9 heteroatoms. The van der Waals surface area contributed by atoms with Gasteiger partial charge >= 0.3 is 5.97 Å². The van der Waals surface area contributed by atoms with Crippen LogP contribution in [0.3, 0.4) is 0 Å². The van der Waals surface area contributed by atoms with Crippen LogP contribution in [0.5, 0.6) is 5.75 Å². The molecule has 0 aromatic heterocycles. The first kappa shape index (κ1) is 22.1. The number of benzene rings is 2. The molecule has 2 aromatic rings. The van der Waals surface area contributed by atoms with Crippen molar-refractivity contribution in [3.8, 4) is 5.75 Å². The van der Waals surface area contributed by atoms with E-state index in [4.69, 9.17) is 9.47 Å². The number of hydrogen-bond donors (Lipinski definition) is 0. The molecule has 0 radical (unpaired) electrons. The predicted molar refractivity (Wildman–Crippen MR) is 111 cm³/mol. The molecule has 1 aliphatic rings. The van der Waals surface area contributed by atoms with Crippen molar-refractivity contribution >= 4 is 40.9 Å². The molecule has 2 aromatic carbocycles. The van der Waals surface area contributed by atoms with E-state index in [9.17, 15) is 24.3 Å². The van der Waals surface area contributed by atoms with Gasteiger partial charge in [0.05, 0.1) is 17.5 Å². The number of ether oxygens (including phenoxy) is 2. The highest BCUT2D eigenvalue weighted by Gasteiger charge is 2.36. The van der Waals surface area contributed by atoms with Gasteiger partial charge in [-0.2, -0.15) is 0 Å². The Hall–Kier alpha value is -3.59. The zero-order valence-electron chi connectivity index (χ0n) is 16.5. The second-order valence-corrected chi connectivity index (χ2v) is 7.38. The number of carboxylic acids is 1. The topological polar surface area (TPSA) is 113 Å². The van der Waals surface area contributed by atoms with Gasteiger partial charge in [-0.05, 0) is 42.0 Å². The van der Waals surface area contributed by atoms with E-state index in [1.54, 1.807) is 43.3 Å². The van der Waals surface area contributed by atoms with E-state index >= 15 is 0 Å². The van der Waals surface area contributed by atoms with Crippen LogP contribution in [0.15, 0.2) is 53.4 Å². The monoisotopic (exact) mass is 440 g/mol. The number of carbonyl (C=O) groups is 4. The molecule has 1 aliphatic heterocycles. The summed E-state index contributed by atoms with van der Waals surface area (Å²) in [7, 11) is 0. The van der Waals surface area contributed by atoms with Gasteiger partial charge < -0.3 is 19.4 Å². The third kappa shape index (κ3) is 5.52. The number of imide groups is 1. The molecule has 0 unspecified atom stereocenters. The summed E-state index contributed by atoms with van der Waals surface area (Å²) in [6.07, 6.45) is 1.53. The van der Waals surface area contributed by atoms with Crippen molar-refractivity contribution in [2.75, 3.05) is 13.2 Å². The van der Waals surface area contributed by atoms with Crippen molar-refractivity contribution in [2.24, 2.45) is 0 Å². The second-order valence-electron chi connectivity index (χ2n) is 6.38. The van der Waals surface area contributed by atoms with Crippen molar-refractivity contribution in [3.63, 3.8) is 0 Å². The van der Waals surface area contributed by atoms with Gasteiger partial charge in [0.25, 0.3) is 11.1 Å². The molecule has 1 saturated heterocycles. The Kier molecular flexibility index (Phi) is 7.09. The molecule has 2 amide bonds. The van der Waals surface area contributed by atoms with Gasteiger partial charge in [0.1, 0.15) is 18.9 Å². The zero-order chi connectivity index (χ0) is 22.4. The van der Waals surface area contributed by atoms with Crippen molar-refractivity contribution in [3.05, 3.63) is 70.1 Å². The minimum absolute atomic E-state index is 0.0719. The molecule has 160 valence electrons. The van der Waals surface area contributed by atoms with Crippen LogP contribution in [0.4, 0.5) is 4.79 Å². The molecule has 0 spiro atoms. The van der Waals surface area contributed by atoms with E-state index in [0.29, 0.717) is 11.3 Å². The quantitative estimate of drug-likeness (QED) is 0.454. The molecule has 0 bridgehead atoms. The van der Waals surface area contributed by atoms with Gasteiger partial charge in [-0.15, -0.1) is 0 Å². The molecule has 8 nitrogen and oxygen atoms in total. The number of carboxylic acid groups (broad SMARTS) is 1. The van der Waals surface area contributed by atoms with Crippen LogP contribution < -0.4 is 9.84 Å². The summed E-state index contributed by atoms with van der Waals surface area (Å²) in [5.74, 6) is -2.01. The minimum atomic E-state index is -1.25. The van der Waals surface area contributed by atoms with Gasteiger partial charge in [0.2, 0.25) is 0 Å². The number of thioether (sulfide) groups is 1. The maximum atomic E-state index is 12.6. The lowest BCUT2D eigenvalue weighted by Crippen LogP contribution is -2.34. The van der Waals surface area contributed by atoms with Gasteiger partial charge in [-0.25, -0.2) is 0 Å². The van der Waals surface area contributed by atoms with E-state index in [2.05, 4.69) is 0 Å². The Morgan fingerprint density at radius 2 is 1.81 bits per heavy atom. The second kappa shape index (κ2) is 9.94. The maximum absolute atomic E-state index is 12.6. The number of carbonyl (C=O) groups excluding carboxylic acids is 4. The molecule has 0 aliphatic carbocycles. The Morgan fingerprint density at radius 1 is 1.10 bits per heavy atom. The van der Waals surface area contributed by atoms with Crippen molar-refractivity contribution < 1.29 is 33.8 Å². The molecular weight excluding hydrogens is 422 g/mol. The summed E-state index contributed by atoms with van der Waals surface area (Å²) < 4.78 is 10.6. The van der Waals surface area contributed by atoms with Crippen LogP contribution in [0.2, 0.25) is 0 Å². The van der Waals surface area contributed by atoms with Gasteiger partial charge in [-0.3, -0.25) is 19.3 Å². The number of amides is 2. The highest BCUT2D eigenvalue weighted by atomic mass is 32.2. The van der Waals surface area contributed by atoms with Gasteiger partial charge in [0.15, 0.2) is 0 Å². The maximum Gasteiger partial charge on any atom is 0.326 e. The summed E-state index contributed by atoms with van der Waals surface area (Å²) in [6, 6.07) is 13.1. The Labute approximate surface area is 182 Å². The van der Waals surface area contributed by atoms with Gasteiger partial charge in [0, 0.05) is 5.56 Å². The summed E-state index contributed by atoms with van der Waals surface area (Å²) in [4.78, 5) is 48.2. The fraction of sp³-hybridized carbons (Fsp3) is 0.182. The van der Waals surface area contributed by atoms with E-state index in [0.717, 1.165) is 22.2 Å². The lowest BCUT2D eigenvalue weighted by atomic mass is 10.1. The lowest BCUT2D eigenvalue weighted by Gasteiger charge is -2.11. The first-order valence-corrected chi connectivity index (χ1v) is 10.1. The third-order valence-electron chi connectivity index (χ3n) is 4.26. The first-order chi connectivity index (χ1) is 14.9. The summed E-state index contributed by atoms with van der Waals surface area (Å²) in [5, 5.41) is 10.3. The van der Waals surface area contributed by atoms with Crippen molar-refractivity contribution in [1.82, 2.24) is 4.90 Å². The molecule has 1 heterocycles. The van der Waals surface area contributed by atoms with E-state index in [1.165, 1.54) is 18.2 Å². The summed E-state index contributed by atoms with van der Waals surface area (Å²) >= 11 is 0.738. The molecule has 0 N–H and O–H groups in total. The number of nitrogens with zero attached hydrogens (tertiary/aromatic N) is 1. The number of aromatic carboxylic acids is 1. The average molecular weight is 440 g/mol. The van der Waals surface area contributed by atoms with Crippen LogP contribution in [-0.4, -0.2) is 41.1 Å². The summed E-state index contributed by atoms with van der Waals surface area (Å²) in [5.41, 5.74) is 1.40. The molecule has 1 fully saturated rings. The van der Waals surface area contributed by atoms with Crippen molar-refractivity contribution in [2.45, 2.75) is 13.5 Å². The molecular formula is C22H18NO7S-. The van der Waals surface area contributed by atoms with Crippen molar-refractivity contribution in [1.29, 1.82) is 0 Å². The standard InChI is InChI=1S/C22H19NO7S/c1-2-29-19(24)12-23-20(25)18(31-22(23)28)11-16-5-3-4-6-17(16)30-13-14-7-9-15(10-8-14)21(26)27/h3-11H,2,12-13H2,1H3,(H,26,27)/p-1/b18-11-. The highest BCUT2D eigenvalue weighted by Crippen LogP contribution is 2.34. The van der Waals surface area contributed by atoms with E-state index in [-0.39, 0.29) is 23.7 Å². The first-order valence-electron chi connectivity index (χ1n) is 9.32. The van der Waals surface area contributed by atoms with Crippen LogP contribution in [0.25, 0.3) is 6.08 Å². The molecule has 0 atom stereocenters. The number of para-hydroxylation sites is 1. The van der Waals surface area contributed by atoms with E-state index < -0.39 is 29.6 Å². The van der Waals surface area contributed by atoms with Crippen LogP contribution in [0.1, 0.15) is 28.4 Å². The fourth-order valence-corrected chi connectivity index (χ4v) is 3.57. The zero-order valence-corrected chi connectivity index (χ0v) is 17.3. The van der Waals surface area contributed by atoms with Gasteiger partial charge in [-0.1, -0.05) is 42.5 Å². The Bertz CT molecular complexity index is 1050. The van der Waals surface area contributed by atoms with Crippen LogP contribution >= 0.6 is 11.8 Å². The lowest BCUT2D eigenvalue weighted by molar-refractivity contribution is -0.255. The Morgan fingerprint density at radius 3 is 2.48 bits per heavy atom. The fourth-order valence-electron chi connectivity index (χ4n) is 2.74. The number of rotatable bonds is 8. The third-order valence-corrected chi connectivity index (χ3v) is 5.16. The summed E-state index contributed by atoms with van der Waals surface area (Å²) in [6.45, 7) is 1.53. The molecule has 3 rings (SSSR count). The SMILES string of the molecule is CCOC(=O)CN1C(=O)S/C(=C\c2ccccc2OCc2ccc(C(=O)[O-])cc2)C1=O. The normalized spacial score (nSPS) is 14.7. The predicted octanol–water partition coefficient (Wildman–Crippen LogP) is 2.23. The van der Waals surface area contributed by atoms with Crippen LogP contribution in [0, 0.1) is 0 Å².